The highest BCUT2D eigenvalue weighted by Crippen LogP contribution is 2.29. The summed E-state index contributed by atoms with van der Waals surface area (Å²) in [4.78, 5) is 0. The van der Waals surface area contributed by atoms with Gasteiger partial charge in [0.2, 0.25) is 0 Å². The molecule has 11 nitrogen and oxygen atoms in total. The Balaban J connectivity index is 1.52. The maximum Gasteiger partial charge on any atom is 0.187 e. The lowest BCUT2D eigenvalue weighted by Crippen LogP contribution is -2.64. The van der Waals surface area contributed by atoms with Gasteiger partial charge in [-0.3, -0.25) is 0 Å². The Morgan fingerprint density at radius 1 is 0.465 bits per heavy atom. The van der Waals surface area contributed by atoms with Crippen LogP contribution >= 0.6 is 0 Å². The van der Waals surface area contributed by atoms with E-state index in [1.54, 1.807) is 0 Å². The lowest BCUT2D eigenvalue weighted by molar-refractivity contribution is -0.359. The van der Waals surface area contributed by atoms with E-state index in [4.69, 9.17) is 18.9 Å². The molecule has 2 heterocycles. The van der Waals surface area contributed by atoms with Gasteiger partial charge in [-0.15, -0.1) is 0 Å². The summed E-state index contributed by atoms with van der Waals surface area (Å²) in [5.74, 6) is 0. The van der Waals surface area contributed by atoms with Crippen molar-refractivity contribution >= 4 is 0 Å². The molecule has 2 fully saturated rings. The van der Waals surface area contributed by atoms with Gasteiger partial charge in [0.25, 0.3) is 0 Å². The first-order valence-corrected chi connectivity index (χ1v) is 17.1. The lowest BCUT2D eigenvalue weighted by Gasteiger charge is -2.45. The molecule has 2 rings (SSSR count). The van der Waals surface area contributed by atoms with Gasteiger partial charge in [-0.05, 0) is 6.42 Å². The summed E-state index contributed by atoms with van der Waals surface area (Å²) in [6.45, 7) is 1.36. The van der Waals surface area contributed by atoms with Crippen LogP contribution in [0.2, 0.25) is 0 Å². The highest BCUT2D eigenvalue weighted by molar-refractivity contribution is 4.94. The molecule has 10 atom stereocenters. The van der Waals surface area contributed by atoms with Crippen LogP contribution in [0.25, 0.3) is 0 Å². The van der Waals surface area contributed by atoms with E-state index < -0.39 is 74.6 Å². The van der Waals surface area contributed by atoms with Gasteiger partial charge < -0.3 is 54.7 Å². The first-order chi connectivity index (χ1) is 20.8. The molecule has 2 saturated heterocycles. The summed E-state index contributed by atoms with van der Waals surface area (Å²) in [6, 6.07) is 0. The van der Waals surface area contributed by atoms with Gasteiger partial charge in [-0.2, -0.15) is 0 Å². The SMILES string of the molecule is CCCCCCCCCCCCCCCCCCCCO[C@@H]1O[C@H](CO)[C@@H](O[C@H]2O[C@H](CO)[C@@H](O)[C@H](O)[C@H]2O)[C@H](O)[C@H]1O. The third kappa shape index (κ3) is 13.8. The van der Waals surface area contributed by atoms with E-state index in [1.165, 1.54) is 96.3 Å². The van der Waals surface area contributed by atoms with E-state index >= 15 is 0 Å². The largest absolute Gasteiger partial charge is 0.394 e. The summed E-state index contributed by atoms with van der Waals surface area (Å²) < 4.78 is 22.2. The maximum atomic E-state index is 10.7. The molecule has 2 aliphatic heterocycles. The van der Waals surface area contributed by atoms with Gasteiger partial charge >= 0.3 is 0 Å². The second kappa shape index (κ2) is 23.0. The highest BCUT2D eigenvalue weighted by Gasteiger charge is 2.50. The topological polar surface area (TPSA) is 179 Å². The van der Waals surface area contributed by atoms with Crippen LogP contribution in [0.4, 0.5) is 0 Å². The van der Waals surface area contributed by atoms with E-state index in [0.717, 1.165) is 19.3 Å². The molecular weight excluding hydrogens is 560 g/mol. The number of hydrogen-bond acceptors (Lipinski definition) is 11. The third-order valence-corrected chi connectivity index (χ3v) is 8.74. The quantitative estimate of drug-likeness (QED) is 0.0787. The minimum absolute atomic E-state index is 0.323. The average molecular weight is 623 g/mol. The maximum absolute atomic E-state index is 10.7. The molecule has 0 aromatic rings. The molecule has 0 spiro atoms. The van der Waals surface area contributed by atoms with Gasteiger partial charge in [-0.1, -0.05) is 116 Å². The summed E-state index contributed by atoms with van der Waals surface area (Å²) in [6.07, 6.45) is 8.70. The van der Waals surface area contributed by atoms with Gasteiger partial charge in [0.05, 0.1) is 13.2 Å². The van der Waals surface area contributed by atoms with Crippen molar-refractivity contribution in [2.45, 2.75) is 184 Å². The first-order valence-electron chi connectivity index (χ1n) is 17.1. The smallest absolute Gasteiger partial charge is 0.187 e. The van der Waals surface area contributed by atoms with Crippen molar-refractivity contribution in [1.29, 1.82) is 0 Å². The minimum Gasteiger partial charge on any atom is -0.394 e. The van der Waals surface area contributed by atoms with E-state index in [-0.39, 0.29) is 0 Å². The zero-order chi connectivity index (χ0) is 31.5. The van der Waals surface area contributed by atoms with Crippen LogP contribution in [0.5, 0.6) is 0 Å². The van der Waals surface area contributed by atoms with Crippen LogP contribution in [-0.2, 0) is 18.9 Å². The Hall–Kier alpha value is -0.440. The predicted molar refractivity (Wildman–Crippen MR) is 161 cm³/mol. The fourth-order valence-corrected chi connectivity index (χ4v) is 5.90. The fourth-order valence-electron chi connectivity index (χ4n) is 5.90. The van der Waals surface area contributed by atoms with E-state index in [1.807, 2.05) is 0 Å². The van der Waals surface area contributed by atoms with Gasteiger partial charge in [0, 0.05) is 6.61 Å². The number of aliphatic hydroxyl groups is 7. The number of aliphatic hydroxyl groups excluding tert-OH is 7. The molecule has 2 aliphatic rings. The van der Waals surface area contributed by atoms with Crippen molar-refractivity contribution in [2.75, 3.05) is 19.8 Å². The van der Waals surface area contributed by atoms with Crippen LogP contribution in [-0.4, -0.2) is 117 Å². The predicted octanol–water partition coefficient (Wildman–Crippen LogP) is 2.67. The molecule has 7 N–H and O–H groups in total. The standard InChI is InChI=1S/C32H62O11/c1-2-3-4-5-6-7-8-9-10-11-12-13-14-15-16-17-18-19-20-40-31-29(39)27(37)30(24(22-34)42-31)43-32-28(38)26(36)25(35)23(21-33)41-32/h23-39H,2-22H2,1H3/t23-,24-,25-,26+,27-,28-,29-,30-,31-,32-/m1/s1. The molecule has 256 valence electrons. The van der Waals surface area contributed by atoms with E-state index in [2.05, 4.69) is 6.92 Å². The van der Waals surface area contributed by atoms with Gasteiger partial charge in [0.1, 0.15) is 48.8 Å². The monoisotopic (exact) mass is 622 g/mol. The first kappa shape index (κ1) is 38.7. The fraction of sp³-hybridized carbons (Fsp3) is 1.00. The van der Waals surface area contributed by atoms with Crippen molar-refractivity contribution < 1.29 is 54.7 Å². The molecule has 0 aliphatic carbocycles. The molecule has 43 heavy (non-hydrogen) atoms. The lowest BCUT2D eigenvalue weighted by atomic mass is 9.97. The molecule has 0 aromatic heterocycles. The molecular formula is C32H62O11. The van der Waals surface area contributed by atoms with Gasteiger partial charge in [0.15, 0.2) is 12.6 Å². The van der Waals surface area contributed by atoms with E-state index in [0.29, 0.717) is 6.61 Å². The highest BCUT2D eigenvalue weighted by atomic mass is 16.7. The summed E-state index contributed by atoms with van der Waals surface area (Å²) >= 11 is 0. The molecule has 0 aromatic carbocycles. The molecule has 0 saturated carbocycles. The summed E-state index contributed by atoms with van der Waals surface area (Å²) in [7, 11) is 0. The number of ether oxygens (including phenoxy) is 4. The number of rotatable bonds is 24. The number of hydrogen-bond donors (Lipinski definition) is 7. The Bertz CT molecular complexity index is 667. The Morgan fingerprint density at radius 2 is 0.884 bits per heavy atom. The van der Waals surface area contributed by atoms with Crippen LogP contribution in [0.3, 0.4) is 0 Å². The Labute approximate surface area is 258 Å². The zero-order valence-corrected chi connectivity index (χ0v) is 26.4. The molecule has 0 unspecified atom stereocenters. The Morgan fingerprint density at radius 3 is 1.35 bits per heavy atom. The number of unbranched alkanes of at least 4 members (excludes halogenated alkanes) is 17. The molecule has 0 amide bonds. The zero-order valence-electron chi connectivity index (χ0n) is 26.4. The van der Waals surface area contributed by atoms with Crippen LogP contribution in [0.1, 0.15) is 122 Å². The third-order valence-electron chi connectivity index (χ3n) is 8.74. The van der Waals surface area contributed by atoms with Crippen molar-refractivity contribution in [3.63, 3.8) is 0 Å². The second-order valence-electron chi connectivity index (χ2n) is 12.4. The molecule has 0 bridgehead atoms. The van der Waals surface area contributed by atoms with Crippen molar-refractivity contribution in [2.24, 2.45) is 0 Å². The van der Waals surface area contributed by atoms with Crippen LogP contribution in [0.15, 0.2) is 0 Å². The van der Waals surface area contributed by atoms with Crippen LogP contribution < -0.4 is 0 Å². The van der Waals surface area contributed by atoms with Crippen molar-refractivity contribution in [3.05, 3.63) is 0 Å². The van der Waals surface area contributed by atoms with Gasteiger partial charge in [-0.25, -0.2) is 0 Å². The van der Waals surface area contributed by atoms with Crippen LogP contribution in [0, 0.1) is 0 Å². The summed E-state index contributed by atoms with van der Waals surface area (Å²) in [5, 5.41) is 70.6. The van der Waals surface area contributed by atoms with E-state index in [9.17, 15) is 35.7 Å². The van der Waals surface area contributed by atoms with Crippen molar-refractivity contribution in [1.82, 2.24) is 0 Å². The molecule has 11 heteroatoms. The van der Waals surface area contributed by atoms with Crippen molar-refractivity contribution in [3.8, 4) is 0 Å². The average Bonchev–Trinajstić information content (AvgIpc) is 3.01. The minimum atomic E-state index is -1.69. The Kier molecular flexibility index (Phi) is 20.7. The summed E-state index contributed by atoms with van der Waals surface area (Å²) in [5.41, 5.74) is 0. The molecule has 0 radical (unpaired) electrons. The normalized spacial score (nSPS) is 33.2. The second-order valence-corrected chi connectivity index (χ2v) is 12.4.